The van der Waals surface area contributed by atoms with E-state index in [1.807, 2.05) is 19.9 Å². The molecule has 0 unspecified atom stereocenters. The molecule has 0 spiro atoms. The monoisotopic (exact) mass is 428 g/mol. The number of nitrogens with zero attached hydrogens (tertiary/aromatic N) is 1. The van der Waals surface area contributed by atoms with E-state index in [0.29, 0.717) is 21.5 Å². The summed E-state index contributed by atoms with van der Waals surface area (Å²) in [7, 11) is 1.55. The van der Waals surface area contributed by atoms with Crippen LogP contribution >= 0.6 is 15.9 Å². The number of barbiturate groups is 1. The van der Waals surface area contributed by atoms with E-state index in [1.165, 1.54) is 6.08 Å². The van der Waals surface area contributed by atoms with Gasteiger partial charge in [-0.25, -0.2) is 9.69 Å². The van der Waals surface area contributed by atoms with Gasteiger partial charge in [0.1, 0.15) is 11.3 Å². The van der Waals surface area contributed by atoms with Crippen molar-refractivity contribution in [3.63, 3.8) is 0 Å². The minimum absolute atomic E-state index is 0.120. The summed E-state index contributed by atoms with van der Waals surface area (Å²) in [6, 6.07) is 9.64. The van der Waals surface area contributed by atoms with Crippen LogP contribution in [0.15, 0.2) is 46.4 Å². The number of amides is 4. The molecule has 6 nitrogen and oxygen atoms in total. The second-order valence-electron chi connectivity index (χ2n) is 6.12. The van der Waals surface area contributed by atoms with E-state index < -0.39 is 17.8 Å². The first-order chi connectivity index (χ1) is 12.8. The zero-order valence-electron chi connectivity index (χ0n) is 15.0. The van der Waals surface area contributed by atoms with E-state index in [1.54, 1.807) is 37.4 Å². The van der Waals surface area contributed by atoms with Gasteiger partial charge in [-0.15, -0.1) is 0 Å². The Balaban J connectivity index is 2.01. The summed E-state index contributed by atoms with van der Waals surface area (Å²) in [6.07, 6.45) is 1.45. The molecule has 1 N–H and O–H groups in total. The highest BCUT2D eigenvalue weighted by molar-refractivity contribution is 9.10. The highest BCUT2D eigenvalue weighted by Crippen LogP contribution is 2.28. The van der Waals surface area contributed by atoms with E-state index in [4.69, 9.17) is 4.74 Å². The van der Waals surface area contributed by atoms with Crippen molar-refractivity contribution in [1.29, 1.82) is 0 Å². The lowest BCUT2D eigenvalue weighted by atomic mass is 10.1. The smallest absolute Gasteiger partial charge is 0.335 e. The molecule has 138 valence electrons. The van der Waals surface area contributed by atoms with Gasteiger partial charge in [0.05, 0.1) is 17.3 Å². The first-order valence-corrected chi connectivity index (χ1v) is 8.93. The van der Waals surface area contributed by atoms with Crippen molar-refractivity contribution in [3.8, 4) is 5.75 Å². The Labute approximate surface area is 164 Å². The van der Waals surface area contributed by atoms with Crippen molar-refractivity contribution < 1.29 is 19.1 Å². The fraction of sp³-hybridized carbons (Fsp3) is 0.150. The minimum atomic E-state index is -0.763. The lowest BCUT2D eigenvalue weighted by Gasteiger charge is -2.26. The van der Waals surface area contributed by atoms with Crippen LogP contribution in [0.3, 0.4) is 0 Å². The van der Waals surface area contributed by atoms with Crippen LogP contribution in [0, 0.1) is 13.8 Å². The SMILES string of the molecule is COc1ccc(C=C2C(=O)NC(=O)N(c3ccc(C)c(C)c3)C2=O)cc1Br. The van der Waals surface area contributed by atoms with Gasteiger partial charge in [0.15, 0.2) is 0 Å². The Kier molecular flexibility index (Phi) is 5.14. The number of carbonyl (C=O) groups excluding carboxylic acids is 3. The normalized spacial score (nSPS) is 15.9. The van der Waals surface area contributed by atoms with Gasteiger partial charge in [0, 0.05) is 0 Å². The number of nitrogens with one attached hydrogen (secondary N) is 1. The zero-order valence-corrected chi connectivity index (χ0v) is 16.6. The lowest BCUT2D eigenvalue weighted by molar-refractivity contribution is -0.122. The number of urea groups is 1. The van der Waals surface area contributed by atoms with Crippen LogP contribution in [0.2, 0.25) is 0 Å². The molecular weight excluding hydrogens is 412 g/mol. The third-order valence-corrected chi connectivity index (χ3v) is 4.96. The van der Waals surface area contributed by atoms with Crippen LogP contribution in [0.1, 0.15) is 16.7 Å². The van der Waals surface area contributed by atoms with E-state index in [-0.39, 0.29) is 5.57 Å². The van der Waals surface area contributed by atoms with Gasteiger partial charge < -0.3 is 4.74 Å². The molecule has 0 atom stereocenters. The molecule has 27 heavy (non-hydrogen) atoms. The highest BCUT2D eigenvalue weighted by atomic mass is 79.9. The molecule has 1 aliphatic heterocycles. The van der Waals surface area contributed by atoms with Gasteiger partial charge in [-0.2, -0.15) is 0 Å². The molecule has 3 rings (SSSR count). The van der Waals surface area contributed by atoms with Crippen LogP contribution in [-0.2, 0) is 9.59 Å². The maximum Gasteiger partial charge on any atom is 0.335 e. The number of anilines is 1. The largest absolute Gasteiger partial charge is 0.496 e. The molecule has 1 fully saturated rings. The molecule has 2 aromatic rings. The number of hydrogen-bond donors (Lipinski definition) is 1. The molecular formula is C20H17BrN2O4. The first kappa shape index (κ1) is 18.8. The van der Waals surface area contributed by atoms with Crippen LogP contribution < -0.4 is 15.0 Å². The Morgan fingerprint density at radius 3 is 2.41 bits per heavy atom. The first-order valence-electron chi connectivity index (χ1n) is 8.14. The van der Waals surface area contributed by atoms with Crippen molar-refractivity contribution in [3.05, 3.63) is 63.1 Å². The summed E-state index contributed by atoms with van der Waals surface area (Å²) in [6.45, 7) is 3.83. The van der Waals surface area contributed by atoms with Crippen LogP contribution in [0.4, 0.5) is 10.5 Å². The topological polar surface area (TPSA) is 75.7 Å². The number of rotatable bonds is 3. The Morgan fingerprint density at radius 2 is 1.78 bits per heavy atom. The average Bonchev–Trinajstić information content (AvgIpc) is 2.61. The van der Waals surface area contributed by atoms with Crippen LogP contribution in [-0.4, -0.2) is 25.0 Å². The molecule has 1 saturated heterocycles. The van der Waals surface area contributed by atoms with Crippen LogP contribution in [0.5, 0.6) is 5.75 Å². The maximum absolute atomic E-state index is 12.9. The van der Waals surface area contributed by atoms with Crippen molar-refractivity contribution >= 4 is 45.5 Å². The van der Waals surface area contributed by atoms with Gasteiger partial charge in [0.2, 0.25) is 0 Å². The molecule has 0 saturated carbocycles. The second-order valence-corrected chi connectivity index (χ2v) is 6.97. The standard InChI is InChI=1S/C20H17BrN2O4/c1-11-4-6-14(8-12(11)2)23-19(25)15(18(24)22-20(23)26)9-13-5-7-17(27-3)16(21)10-13/h4-10H,1-3H3,(H,22,24,26). The van der Waals surface area contributed by atoms with E-state index in [9.17, 15) is 14.4 Å². The molecule has 0 aromatic heterocycles. The molecule has 7 heteroatoms. The van der Waals surface area contributed by atoms with E-state index >= 15 is 0 Å². The number of aryl methyl sites for hydroxylation is 2. The second kappa shape index (κ2) is 7.36. The molecule has 0 bridgehead atoms. The van der Waals surface area contributed by atoms with Crippen molar-refractivity contribution in [2.24, 2.45) is 0 Å². The predicted octanol–water partition coefficient (Wildman–Crippen LogP) is 3.74. The van der Waals surface area contributed by atoms with Gasteiger partial charge >= 0.3 is 6.03 Å². The average molecular weight is 429 g/mol. The van der Waals surface area contributed by atoms with Gasteiger partial charge in [0.25, 0.3) is 11.8 Å². The molecule has 0 aliphatic carbocycles. The van der Waals surface area contributed by atoms with Gasteiger partial charge in [-0.05, 0) is 76.8 Å². The Hall–Kier alpha value is -2.93. The highest BCUT2D eigenvalue weighted by Gasteiger charge is 2.36. The van der Waals surface area contributed by atoms with Crippen molar-refractivity contribution in [2.45, 2.75) is 13.8 Å². The number of benzene rings is 2. The molecule has 2 aromatic carbocycles. The molecule has 1 aliphatic rings. The lowest BCUT2D eigenvalue weighted by Crippen LogP contribution is -2.54. The fourth-order valence-electron chi connectivity index (χ4n) is 2.70. The zero-order chi connectivity index (χ0) is 19.7. The molecule has 0 radical (unpaired) electrons. The quantitative estimate of drug-likeness (QED) is 0.596. The summed E-state index contributed by atoms with van der Waals surface area (Å²) < 4.78 is 5.86. The van der Waals surface area contributed by atoms with Gasteiger partial charge in [-0.3, -0.25) is 14.9 Å². The van der Waals surface area contributed by atoms with Crippen molar-refractivity contribution in [1.82, 2.24) is 5.32 Å². The van der Waals surface area contributed by atoms with E-state index in [0.717, 1.165) is 16.0 Å². The molecule has 1 heterocycles. The Morgan fingerprint density at radius 1 is 1.04 bits per heavy atom. The summed E-state index contributed by atoms with van der Waals surface area (Å²) in [5, 5.41) is 2.22. The Bertz CT molecular complexity index is 997. The number of halogens is 1. The van der Waals surface area contributed by atoms with Crippen LogP contribution in [0.25, 0.3) is 6.08 Å². The summed E-state index contributed by atoms with van der Waals surface area (Å²) in [4.78, 5) is 38.4. The fourth-order valence-corrected chi connectivity index (χ4v) is 3.25. The number of ether oxygens (including phenoxy) is 1. The maximum atomic E-state index is 12.9. The third kappa shape index (κ3) is 3.64. The molecule has 4 amide bonds. The van der Waals surface area contributed by atoms with Gasteiger partial charge in [-0.1, -0.05) is 12.1 Å². The number of imide groups is 2. The number of methoxy groups -OCH3 is 1. The summed E-state index contributed by atoms with van der Waals surface area (Å²) >= 11 is 3.37. The third-order valence-electron chi connectivity index (χ3n) is 4.34. The summed E-state index contributed by atoms with van der Waals surface area (Å²) in [5.74, 6) is -0.764. The summed E-state index contributed by atoms with van der Waals surface area (Å²) in [5.41, 5.74) is 2.89. The number of carbonyl (C=O) groups is 3. The predicted molar refractivity (Wildman–Crippen MR) is 106 cm³/mol. The van der Waals surface area contributed by atoms with Crippen molar-refractivity contribution in [2.75, 3.05) is 12.0 Å². The van der Waals surface area contributed by atoms with E-state index in [2.05, 4.69) is 21.2 Å². The number of hydrogen-bond acceptors (Lipinski definition) is 4. The minimum Gasteiger partial charge on any atom is -0.496 e.